The zero-order chi connectivity index (χ0) is 21.9. The van der Waals surface area contributed by atoms with Crippen LogP contribution in [-0.4, -0.2) is 33.5 Å². The van der Waals surface area contributed by atoms with Crippen molar-refractivity contribution in [1.82, 2.24) is 4.90 Å². The first-order valence-electron chi connectivity index (χ1n) is 9.58. The molecule has 8 heteroatoms. The van der Waals surface area contributed by atoms with Gasteiger partial charge in [0.15, 0.2) is 10.3 Å². The second kappa shape index (κ2) is 8.98. The normalized spacial score (nSPS) is 18.7. The van der Waals surface area contributed by atoms with Gasteiger partial charge in [0.05, 0.1) is 12.1 Å². The maximum Gasteiger partial charge on any atom is 0.416 e. The quantitative estimate of drug-likeness (QED) is 0.563. The molecule has 0 radical (unpaired) electrons. The fourth-order valence-corrected chi connectivity index (χ4v) is 4.69. The van der Waals surface area contributed by atoms with E-state index in [1.165, 1.54) is 11.6 Å². The first-order valence-corrected chi connectivity index (χ1v) is 11.0. The maximum atomic E-state index is 13.0. The molecule has 160 valence electrons. The van der Waals surface area contributed by atoms with Gasteiger partial charge in [-0.3, -0.25) is 9.89 Å². The Labute approximate surface area is 184 Å². The first kappa shape index (κ1) is 22.6. The summed E-state index contributed by atoms with van der Waals surface area (Å²) in [5.41, 5.74) is 0.643. The van der Waals surface area contributed by atoms with Crippen LogP contribution in [-0.2, 0) is 11.6 Å². The minimum atomic E-state index is -4.40. The number of thioether (sulfide) groups is 1. The van der Waals surface area contributed by atoms with Gasteiger partial charge < -0.3 is 5.32 Å². The van der Waals surface area contributed by atoms with Crippen LogP contribution >= 0.6 is 24.0 Å². The number of nitrogens with one attached hydrogen (secondary N) is 1. The summed E-state index contributed by atoms with van der Waals surface area (Å²) < 4.78 is 39.0. The molecule has 3 rings (SSSR count). The lowest BCUT2D eigenvalue weighted by Gasteiger charge is -2.27. The predicted molar refractivity (Wildman–Crippen MR) is 123 cm³/mol. The molecular weight excluding hydrogens is 427 g/mol. The number of rotatable bonds is 4. The highest BCUT2D eigenvalue weighted by atomic mass is 32.2. The van der Waals surface area contributed by atoms with E-state index >= 15 is 0 Å². The summed E-state index contributed by atoms with van der Waals surface area (Å²) in [5.74, 6) is 0.814. The topological polar surface area (TPSA) is 27.6 Å². The molecule has 1 aliphatic heterocycles. The van der Waals surface area contributed by atoms with Gasteiger partial charge in [0.1, 0.15) is 0 Å². The van der Waals surface area contributed by atoms with Gasteiger partial charge in [0.25, 0.3) is 0 Å². The molecule has 0 amide bonds. The molecule has 2 aromatic carbocycles. The summed E-state index contributed by atoms with van der Waals surface area (Å²) in [6.07, 6.45) is -4.40. The van der Waals surface area contributed by atoms with E-state index in [4.69, 9.17) is 17.2 Å². The van der Waals surface area contributed by atoms with Crippen molar-refractivity contribution in [3.8, 4) is 0 Å². The Morgan fingerprint density at radius 3 is 2.47 bits per heavy atom. The molecular formula is C22H24F3N3S2. The smallest absolute Gasteiger partial charge is 0.332 e. The van der Waals surface area contributed by atoms with Crippen molar-refractivity contribution in [2.24, 2.45) is 4.99 Å². The van der Waals surface area contributed by atoms with Gasteiger partial charge in [-0.05, 0) is 42.9 Å². The summed E-state index contributed by atoms with van der Waals surface area (Å²) in [6, 6.07) is 15.3. The average molecular weight is 452 g/mol. The molecule has 1 heterocycles. The molecule has 0 spiro atoms. The first-order chi connectivity index (χ1) is 14.1. The second-order valence-electron chi connectivity index (χ2n) is 7.89. The van der Waals surface area contributed by atoms with E-state index in [1.54, 1.807) is 17.8 Å². The molecule has 0 aromatic heterocycles. The molecule has 2 aromatic rings. The molecule has 3 nitrogen and oxygen atoms in total. The molecule has 30 heavy (non-hydrogen) atoms. The zero-order valence-corrected chi connectivity index (χ0v) is 18.7. The third-order valence-electron chi connectivity index (χ3n) is 4.93. The molecule has 1 aliphatic rings. The summed E-state index contributed by atoms with van der Waals surface area (Å²) in [4.78, 5) is 6.71. The minimum absolute atomic E-state index is 0.0967. The summed E-state index contributed by atoms with van der Waals surface area (Å²) >= 11 is 7.14. The molecule has 1 N–H and O–H groups in total. The molecule has 1 unspecified atom stereocenters. The molecule has 0 aliphatic carbocycles. The number of anilines is 1. The van der Waals surface area contributed by atoms with Crippen LogP contribution < -0.4 is 5.32 Å². The zero-order valence-electron chi connectivity index (χ0n) is 17.0. The van der Waals surface area contributed by atoms with Crippen molar-refractivity contribution in [3.63, 3.8) is 0 Å². The number of hydrogen-bond donors (Lipinski definition) is 1. The van der Waals surface area contributed by atoms with E-state index in [0.29, 0.717) is 17.3 Å². The average Bonchev–Trinajstić information content (AvgIpc) is 3.07. The third kappa shape index (κ3) is 5.35. The lowest BCUT2D eigenvalue weighted by atomic mass is 9.85. The van der Waals surface area contributed by atoms with Crippen LogP contribution in [0.5, 0.6) is 0 Å². The van der Waals surface area contributed by atoms with Crippen LogP contribution in [0, 0.1) is 0 Å². The van der Waals surface area contributed by atoms with Crippen molar-refractivity contribution >= 4 is 39.9 Å². The van der Waals surface area contributed by atoms with Gasteiger partial charge in [-0.15, -0.1) is 0 Å². The Morgan fingerprint density at radius 1 is 1.13 bits per heavy atom. The summed E-state index contributed by atoms with van der Waals surface area (Å²) in [6.45, 7) is 6.88. The van der Waals surface area contributed by atoms with E-state index in [1.807, 2.05) is 30.0 Å². The SMILES string of the molecule is CC1CSC(=NCC(C)(C)c2ccccc2)N1C(=S)Nc1cccc(C(F)(F)F)c1. The van der Waals surface area contributed by atoms with Crippen LogP contribution in [0.1, 0.15) is 31.9 Å². The van der Waals surface area contributed by atoms with E-state index in [9.17, 15) is 13.2 Å². The number of thiocarbonyl (C=S) groups is 1. The van der Waals surface area contributed by atoms with Crippen molar-refractivity contribution in [1.29, 1.82) is 0 Å². The number of amidine groups is 1. The number of halogens is 3. The van der Waals surface area contributed by atoms with Crippen LogP contribution in [0.25, 0.3) is 0 Å². The third-order valence-corrected chi connectivity index (χ3v) is 6.46. The van der Waals surface area contributed by atoms with Gasteiger partial charge in [-0.2, -0.15) is 13.2 Å². The van der Waals surface area contributed by atoms with Gasteiger partial charge in [-0.25, -0.2) is 0 Å². The summed E-state index contributed by atoms with van der Waals surface area (Å²) in [5, 5.41) is 4.09. The van der Waals surface area contributed by atoms with Crippen molar-refractivity contribution in [2.75, 3.05) is 17.6 Å². The van der Waals surface area contributed by atoms with Gasteiger partial charge in [0.2, 0.25) is 0 Å². The van der Waals surface area contributed by atoms with E-state index in [-0.39, 0.29) is 11.5 Å². The van der Waals surface area contributed by atoms with Crippen molar-refractivity contribution in [3.05, 3.63) is 65.7 Å². The largest absolute Gasteiger partial charge is 0.416 e. The Balaban J connectivity index is 1.75. The van der Waals surface area contributed by atoms with Crippen LogP contribution in [0.3, 0.4) is 0 Å². The number of nitrogens with zero attached hydrogens (tertiary/aromatic N) is 2. The highest BCUT2D eigenvalue weighted by Gasteiger charge is 2.32. The van der Waals surface area contributed by atoms with E-state index < -0.39 is 11.7 Å². The number of benzene rings is 2. The maximum absolute atomic E-state index is 13.0. The van der Waals surface area contributed by atoms with Gasteiger partial charge in [0, 0.05) is 22.9 Å². The fraction of sp³-hybridized carbons (Fsp3) is 0.364. The lowest BCUT2D eigenvalue weighted by molar-refractivity contribution is -0.137. The lowest BCUT2D eigenvalue weighted by Crippen LogP contribution is -2.41. The monoisotopic (exact) mass is 451 g/mol. The minimum Gasteiger partial charge on any atom is -0.332 e. The predicted octanol–water partition coefficient (Wildman–Crippen LogP) is 6.17. The molecule has 1 saturated heterocycles. The highest BCUT2D eigenvalue weighted by Crippen LogP contribution is 2.32. The van der Waals surface area contributed by atoms with Crippen LogP contribution in [0.15, 0.2) is 59.6 Å². The van der Waals surface area contributed by atoms with Gasteiger partial charge in [-0.1, -0.05) is 62.0 Å². The number of aliphatic imine (C=N–C) groups is 1. The standard InChI is InChI=1S/C22H24F3N3S2/c1-15-13-30-20(26-14-21(2,3)16-8-5-4-6-9-16)28(15)19(29)27-18-11-7-10-17(12-18)22(23,24)25/h4-12,15H,13-14H2,1-3H3,(H,27,29). The highest BCUT2D eigenvalue weighted by molar-refractivity contribution is 8.14. The number of alkyl halides is 3. The Bertz CT molecular complexity index is 927. The Hall–Kier alpha value is -2.06. The fourth-order valence-electron chi connectivity index (χ4n) is 3.14. The Morgan fingerprint density at radius 2 is 1.80 bits per heavy atom. The second-order valence-corrected chi connectivity index (χ2v) is 9.26. The van der Waals surface area contributed by atoms with Gasteiger partial charge >= 0.3 is 6.18 Å². The molecule has 0 saturated carbocycles. The van der Waals surface area contributed by atoms with Crippen molar-refractivity contribution in [2.45, 2.75) is 38.4 Å². The molecule has 0 bridgehead atoms. The van der Waals surface area contributed by atoms with Crippen molar-refractivity contribution < 1.29 is 13.2 Å². The number of hydrogen-bond acceptors (Lipinski definition) is 3. The summed E-state index contributed by atoms with van der Waals surface area (Å²) in [7, 11) is 0. The molecule has 1 fully saturated rings. The molecule has 1 atom stereocenters. The van der Waals surface area contributed by atoms with E-state index in [2.05, 4.69) is 31.3 Å². The Kier molecular flexibility index (Phi) is 6.77. The van der Waals surface area contributed by atoms with Crippen LogP contribution in [0.4, 0.5) is 18.9 Å². The van der Waals surface area contributed by atoms with Crippen LogP contribution in [0.2, 0.25) is 0 Å². The van der Waals surface area contributed by atoms with E-state index in [0.717, 1.165) is 23.1 Å².